The highest BCUT2D eigenvalue weighted by Crippen LogP contribution is 2.26. The number of hydrogen-bond acceptors (Lipinski definition) is 4. The summed E-state index contributed by atoms with van der Waals surface area (Å²) in [7, 11) is 1.49. The van der Waals surface area contributed by atoms with Crippen LogP contribution in [0.3, 0.4) is 0 Å². The molecule has 0 aliphatic heterocycles. The summed E-state index contributed by atoms with van der Waals surface area (Å²) >= 11 is 0. The maximum absolute atomic E-state index is 12.2. The summed E-state index contributed by atoms with van der Waals surface area (Å²) in [6, 6.07) is 6.85. The average molecular weight is 270 g/mol. The van der Waals surface area contributed by atoms with Gasteiger partial charge in [-0.3, -0.25) is 9.89 Å². The van der Waals surface area contributed by atoms with Crippen LogP contribution in [0.5, 0.6) is 5.75 Å². The third kappa shape index (κ3) is 2.47. The number of carbonyl (C=O) groups excluding carboxylic acids is 1. The van der Waals surface area contributed by atoms with E-state index in [-0.39, 0.29) is 5.91 Å². The highest BCUT2D eigenvalue weighted by Gasteiger charge is 2.17. The van der Waals surface area contributed by atoms with E-state index < -0.39 is 0 Å². The number of amides is 1. The third-order valence-electron chi connectivity index (χ3n) is 2.93. The van der Waals surface area contributed by atoms with E-state index >= 15 is 0 Å². The van der Waals surface area contributed by atoms with Crippen molar-refractivity contribution in [2.24, 2.45) is 0 Å². The zero-order valence-corrected chi connectivity index (χ0v) is 11.4. The molecule has 0 radical (unpaired) electrons. The van der Waals surface area contributed by atoms with Gasteiger partial charge in [-0.05, 0) is 26.0 Å². The number of benzene rings is 1. The Morgan fingerprint density at radius 1 is 1.45 bits per heavy atom. The van der Waals surface area contributed by atoms with Gasteiger partial charge in [-0.15, -0.1) is 0 Å². The minimum atomic E-state index is -0.267. The van der Waals surface area contributed by atoms with Gasteiger partial charge in [0.2, 0.25) is 0 Å². The van der Waals surface area contributed by atoms with Gasteiger partial charge in [0.25, 0.3) is 5.91 Å². The zero-order chi connectivity index (χ0) is 14.7. The highest BCUT2D eigenvalue weighted by atomic mass is 16.5. The molecule has 102 valence electrons. The van der Waals surface area contributed by atoms with Crippen LogP contribution in [-0.2, 0) is 0 Å². The number of aromatic nitrogens is 2. The lowest BCUT2D eigenvalue weighted by Crippen LogP contribution is -2.14. The van der Waals surface area contributed by atoms with Crippen molar-refractivity contribution in [3.05, 3.63) is 40.7 Å². The Kier molecular flexibility index (Phi) is 3.71. The summed E-state index contributed by atoms with van der Waals surface area (Å²) in [5.74, 6) is 0.174. The number of nitriles is 1. The van der Waals surface area contributed by atoms with Gasteiger partial charge in [0.15, 0.2) is 0 Å². The predicted octanol–water partition coefficient (Wildman–Crippen LogP) is 2.16. The SMILES string of the molecule is COc1cc(C#N)ccc1NC(=O)c1c(C)n[nH]c1C. The molecule has 0 bridgehead atoms. The molecule has 0 aliphatic rings. The summed E-state index contributed by atoms with van der Waals surface area (Å²) in [6.07, 6.45) is 0. The van der Waals surface area contributed by atoms with E-state index in [0.29, 0.717) is 34.0 Å². The number of carbonyl (C=O) groups is 1. The number of aromatic amines is 1. The standard InChI is InChI=1S/C14H14N4O2/c1-8-13(9(2)18-17-8)14(19)16-11-5-4-10(7-15)6-12(11)20-3/h4-6H,1-3H3,(H,16,19)(H,17,18). The first-order valence-corrected chi connectivity index (χ1v) is 5.98. The molecular formula is C14H14N4O2. The highest BCUT2D eigenvalue weighted by molar-refractivity contribution is 6.06. The van der Waals surface area contributed by atoms with E-state index in [1.54, 1.807) is 32.0 Å². The van der Waals surface area contributed by atoms with Crippen molar-refractivity contribution in [2.45, 2.75) is 13.8 Å². The number of nitrogens with zero attached hydrogens (tertiary/aromatic N) is 2. The van der Waals surface area contributed by atoms with Crippen LogP contribution in [0.25, 0.3) is 0 Å². The number of nitrogens with one attached hydrogen (secondary N) is 2. The van der Waals surface area contributed by atoms with E-state index in [4.69, 9.17) is 10.00 Å². The van der Waals surface area contributed by atoms with Gasteiger partial charge in [-0.2, -0.15) is 10.4 Å². The fraction of sp³-hybridized carbons (Fsp3) is 0.214. The molecule has 1 heterocycles. The predicted molar refractivity (Wildman–Crippen MR) is 73.7 cm³/mol. The van der Waals surface area contributed by atoms with Gasteiger partial charge in [0.1, 0.15) is 5.75 Å². The van der Waals surface area contributed by atoms with Crippen LogP contribution in [0.1, 0.15) is 27.3 Å². The number of aryl methyl sites for hydroxylation is 2. The number of rotatable bonds is 3. The maximum Gasteiger partial charge on any atom is 0.259 e. The van der Waals surface area contributed by atoms with Crippen molar-refractivity contribution >= 4 is 11.6 Å². The van der Waals surface area contributed by atoms with Crippen LogP contribution < -0.4 is 10.1 Å². The average Bonchev–Trinajstić information content (AvgIpc) is 2.78. The summed E-state index contributed by atoms with van der Waals surface area (Å²) in [4.78, 5) is 12.2. The molecular weight excluding hydrogens is 256 g/mol. The zero-order valence-electron chi connectivity index (χ0n) is 11.4. The van der Waals surface area contributed by atoms with Crippen molar-refractivity contribution in [1.82, 2.24) is 10.2 Å². The topological polar surface area (TPSA) is 90.8 Å². The molecule has 1 aromatic carbocycles. The fourth-order valence-corrected chi connectivity index (χ4v) is 1.93. The molecule has 2 aromatic rings. The summed E-state index contributed by atoms with van der Waals surface area (Å²) < 4.78 is 5.18. The number of ether oxygens (including phenoxy) is 1. The number of H-pyrrole nitrogens is 1. The van der Waals surface area contributed by atoms with Gasteiger partial charge in [0, 0.05) is 11.8 Å². The van der Waals surface area contributed by atoms with Gasteiger partial charge >= 0.3 is 0 Å². The first-order chi connectivity index (χ1) is 9.56. The molecule has 0 saturated carbocycles. The van der Waals surface area contributed by atoms with E-state index in [2.05, 4.69) is 15.5 Å². The fourth-order valence-electron chi connectivity index (χ4n) is 1.93. The van der Waals surface area contributed by atoms with Crippen LogP contribution in [-0.4, -0.2) is 23.2 Å². The molecule has 0 saturated heterocycles. The van der Waals surface area contributed by atoms with E-state index in [1.165, 1.54) is 7.11 Å². The molecule has 0 aliphatic carbocycles. The lowest BCUT2D eigenvalue weighted by atomic mass is 10.1. The Balaban J connectivity index is 2.31. The summed E-state index contributed by atoms with van der Waals surface area (Å²) in [6.45, 7) is 3.54. The maximum atomic E-state index is 12.2. The molecule has 0 unspecified atom stereocenters. The van der Waals surface area contributed by atoms with Gasteiger partial charge in [-0.25, -0.2) is 0 Å². The van der Waals surface area contributed by atoms with Gasteiger partial charge < -0.3 is 10.1 Å². The molecule has 1 aromatic heterocycles. The van der Waals surface area contributed by atoms with E-state index in [0.717, 1.165) is 0 Å². The second kappa shape index (κ2) is 5.45. The third-order valence-corrected chi connectivity index (χ3v) is 2.93. The minimum Gasteiger partial charge on any atom is -0.495 e. The van der Waals surface area contributed by atoms with Crippen molar-refractivity contribution < 1.29 is 9.53 Å². The van der Waals surface area contributed by atoms with Crippen LogP contribution in [0, 0.1) is 25.2 Å². The quantitative estimate of drug-likeness (QED) is 0.894. The van der Waals surface area contributed by atoms with Crippen LogP contribution in [0.15, 0.2) is 18.2 Å². The van der Waals surface area contributed by atoms with Crippen molar-refractivity contribution in [2.75, 3.05) is 12.4 Å². The lowest BCUT2D eigenvalue weighted by Gasteiger charge is -2.10. The van der Waals surface area contributed by atoms with E-state index in [9.17, 15) is 4.79 Å². The minimum absolute atomic E-state index is 0.267. The Hall–Kier alpha value is -2.81. The molecule has 0 fully saturated rings. The molecule has 0 atom stereocenters. The monoisotopic (exact) mass is 270 g/mol. The smallest absolute Gasteiger partial charge is 0.259 e. The summed E-state index contributed by atoms with van der Waals surface area (Å²) in [5.41, 5.74) is 2.82. The molecule has 20 heavy (non-hydrogen) atoms. The molecule has 0 spiro atoms. The number of hydrogen-bond donors (Lipinski definition) is 2. The number of methoxy groups -OCH3 is 1. The lowest BCUT2D eigenvalue weighted by molar-refractivity contribution is 0.102. The second-order valence-corrected chi connectivity index (χ2v) is 4.29. The molecule has 6 nitrogen and oxygen atoms in total. The van der Waals surface area contributed by atoms with Gasteiger partial charge in [0.05, 0.1) is 35.7 Å². The largest absolute Gasteiger partial charge is 0.495 e. The Morgan fingerprint density at radius 2 is 2.20 bits per heavy atom. The van der Waals surface area contributed by atoms with Crippen molar-refractivity contribution in [3.8, 4) is 11.8 Å². The molecule has 1 amide bonds. The first-order valence-electron chi connectivity index (χ1n) is 5.98. The normalized spacial score (nSPS) is 9.90. The van der Waals surface area contributed by atoms with Crippen LogP contribution in [0.2, 0.25) is 0 Å². The van der Waals surface area contributed by atoms with Crippen LogP contribution in [0.4, 0.5) is 5.69 Å². The van der Waals surface area contributed by atoms with Gasteiger partial charge in [-0.1, -0.05) is 0 Å². The summed E-state index contributed by atoms with van der Waals surface area (Å²) in [5, 5.41) is 18.4. The first kappa shape index (κ1) is 13.6. The Labute approximate surface area is 116 Å². The van der Waals surface area contributed by atoms with Crippen LogP contribution >= 0.6 is 0 Å². The molecule has 6 heteroatoms. The molecule has 2 rings (SSSR count). The van der Waals surface area contributed by atoms with E-state index in [1.807, 2.05) is 6.07 Å². The van der Waals surface area contributed by atoms with Crippen molar-refractivity contribution in [3.63, 3.8) is 0 Å². The number of anilines is 1. The van der Waals surface area contributed by atoms with Crippen molar-refractivity contribution in [1.29, 1.82) is 5.26 Å². The molecule has 2 N–H and O–H groups in total. The second-order valence-electron chi connectivity index (χ2n) is 4.29. The Morgan fingerprint density at radius 3 is 2.75 bits per heavy atom. The Bertz CT molecular complexity index is 678.